The van der Waals surface area contributed by atoms with E-state index < -0.39 is 0 Å². The highest BCUT2D eigenvalue weighted by atomic mass is 16.5. The SMILES string of the molecule is CCOc1ccccc1OCCCC(=O)N[C@H](c1ccccc1)c1ccco1. The van der Waals surface area contributed by atoms with Crippen LogP contribution in [0.15, 0.2) is 77.4 Å². The van der Waals surface area contributed by atoms with Crippen LogP contribution in [-0.4, -0.2) is 19.1 Å². The maximum Gasteiger partial charge on any atom is 0.220 e. The predicted molar refractivity (Wildman–Crippen MR) is 107 cm³/mol. The summed E-state index contributed by atoms with van der Waals surface area (Å²) in [6.45, 7) is 2.95. The fourth-order valence-corrected chi connectivity index (χ4v) is 2.91. The molecule has 3 aromatic rings. The highest BCUT2D eigenvalue weighted by Crippen LogP contribution is 2.26. The van der Waals surface area contributed by atoms with Crippen LogP contribution in [0.2, 0.25) is 0 Å². The molecule has 1 atom stereocenters. The number of benzene rings is 2. The third-order valence-corrected chi connectivity index (χ3v) is 4.22. The zero-order valence-electron chi connectivity index (χ0n) is 16.0. The summed E-state index contributed by atoms with van der Waals surface area (Å²) in [6.07, 6.45) is 2.58. The van der Waals surface area contributed by atoms with Gasteiger partial charge in [-0.3, -0.25) is 4.79 Å². The summed E-state index contributed by atoms with van der Waals surface area (Å²) in [5, 5.41) is 3.05. The van der Waals surface area contributed by atoms with Crippen LogP contribution in [0.1, 0.15) is 37.1 Å². The molecule has 1 amide bonds. The number of ether oxygens (including phenoxy) is 2. The van der Waals surface area contributed by atoms with Gasteiger partial charge in [-0.1, -0.05) is 42.5 Å². The second kappa shape index (κ2) is 10.2. The molecule has 1 aromatic heterocycles. The van der Waals surface area contributed by atoms with E-state index in [2.05, 4.69) is 5.32 Å². The van der Waals surface area contributed by atoms with Crippen molar-refractivity contribution < 1.29 is 18.7 Å². The fraction of sp³-hybridized carbons (Fsp3) is 0.261. The second-order valence-corrected chi connectivity index (χ2v) is 6.26. The molecule has 0 fully saturated rings. The van der Waals surface area contributed by atoms with E-state index in [1.165, 1.54) is 0 Å². The van der Waals surface area contributed by atoms with Crippen LogP contribution in [0.4, 0.5) is 0 Å². The molecule has 0 spiro atoms. The molecule has 0 aliphatic rings. The summed E-state index contributed by atoms with van der Waals surface area (Å²) in [6, 6.07) is 20.7. The van der Waals surface area contributed by atoms with E-state index in [9.17, 15) is 4.79 Å². The number of para-hydroxylation sites is 2. The van der Waals surface area contributed by atoms with E-state index >= 15 is 0 Å². The first kappa shape index (κ1) is 19.5. The Morgan fingerprint density at radius 2 is 1.68 bits per heavy atom. The Morgan fingerprint density at radius 3 is 2.36 bits per heavy atom. The van der Waals surface area contributed by atoms with Gasteiger partial charge in [0.2, 0.25) is 5.91 Å². The monoisotopic (exact) mass is 379 g/mol. The van der Waals surface area contributed by atoms with E-state index in [1.807, 2.05) is 73.7 Å². The van der Waals surface area contributed by atoms with Gasteiger partial charge in [0, 0.05) is 6.42 Å². The third kappa shape index (κ3) is 5.39. The number of nitrogens with one attached hydrogen (secondary N) is 1. The predicted octanol–water partition coefficient (Wildman–Crippen LogP) is 4.74. The average Bonchev–Trinajstić information content (AvgIpc) is 3.26. The van der Waals surface area contributed by atoms with Gasteiger partial charge in [-0.2, -0.15) is 0 Å². The summed E-state index contributed by atoms with van der Waals surface area (Å²) >= 11 is 0. The molecule has 146 valence electrons. The molecule has 0 radical (unpaired) electrons. The fourth-order valence-electron chi connectivity index (χ4n) is 2.91. The zero-order chi connectivity index (χ0) is 19.6. The summed E-state index contributed by atoms with van der Waals surface area (Å²) in [4.78, 5) is 12.5. The lowest BCUT2D eigenvalue weighted by atomic mass is 10.0. The Hall–Kier alpha value is -3.21. The number of rotatable bonds is 10. The zero-order valence-corrected chi connectivity index (χ0v) is 16.0. The van der Waals surface area contributed by atoms with Crippen molar-refractivity contribution in [1.82, 2.24) is 5.32 Å². The highest BCUT2D eigenvalue weighted by Gasteiger charge is 2.19. The van der Waals surface area contributed by atoms with Crippen LogP contribution in [0.25, 0.3) is 0 Å². The van der Waals surface area contributed by atoms with Crippen LogP contribution >= 0.6 is 0 Å². The Morgan fingerprint density at radius 1 is 0.964 bits per heavy atom. The molecule has 0 saturated carbocycles. The molecule has 2 aromatic carbocycles. The van der Waals surface area contributed by atoms with Crippen molar-refractivity contribution in [2.24, 2.45) is 0 Å². The molecule has 5 nitrogen and oxygen atoms in total. The van der Waals surface area contributed by atoms with Crippen molar-refractivity contribution in [3.8, 4) is 11.5 Å². The number of hydrogen-bond donors (Lipinski definition) is 1. The van der Waals surface area contributed by atoms with Crippen molar-refractivity contribution >= 4 is 5.91 Å². The van der Waals surface area contributed by atoms with Gasteiger partial charge in [0.05, 0.1) is 19.5 Å². The molecular weight excluding hydrogens is 354 g/mol. The van der Waals surface area contributed by atoms with Gasteiger partial charge < -0.3 is 19.2 Å². The van der Waals surface area contributed by atoms with Gasteiger partial charge in [0.1, 0.15) is 11.8 Å². The van der Waals surface area contributed by atoms with Crippen LogP contribution < -0.4 is 14.8 Å². The maximum absolute atomic E-state index is 12.5. The first-order valence-corrected chi connectivity index (χ1v) is 9.50. The first-order chi connectivity index (χ1) is 13.8. The van der Waals surface area contributed by atoms with E-state index in [4.69, 9.17) is 13.9 Å². The van der Waals surface area contributed by atoms with Crippen LogP contribution in [-0.2, 0) is 4.79 Å². The lowest BCUT2D eigenvalue weighted by molar-refractivity contribution is -0.121. The van der Waals surface area contributed by atoms with Gasteiger partial charge >= 0.3 is 0 Å². The molecule has 28 heavy (non-hydrogen) atoms. The highest BCUT2D eigenvalue weighted by molar-refractivity contribution is 5.76. The minimum atomic E-state index is -0.303. The summed E-state index contributed by atoms with van der Waals surface area (Å²) in [5.74, 6) is 2.08. The minimum absolute atomic E-state index is 0.0491. The molecule has 3 rings (SSSR count). The number of hydrogen-bond acceptors (Lipinski definition) is 4. The Bertz CT molecular complexity index is 846. The lowest BCUT2D eigenvalue weighted by Crippen LogP contribution is -2.29. The van der Waals surface area contributed by atoms with Crippen LogP contribution in [0.3, 0.4) is 0 Å². The van der Waals surface area contributed by atoms with Gasteiger partial charge in [-0.25, -0.2) is 0 Å². The lowest BCUT2D eigenvalue weighted by Gasteiger charge is -2.17. The first-order valence-electron chi connectivity index (χ1n) is 9.50. The Labute approximate surface area is 165 Å². The quantitative estimate of drug-likeness (QED) is 0.517. The second-order valence-electron chi connectivity index (χ2n) is 6.26. The topological polar surface area (TPSA) is 60.7 Å². The molecule has 5 heteroatoms. The largest absolute Gasteiger partial charge is 0.490 e. The van der Waals surface area contributed by atoms with Gasteiger partial charge in [-0.05, 0) is 43.2 Å². The standard InChI is InChI=1S/C23H25NO4/c1-2-26-19-12-6-7-13-20(19)27-17-9-15-22(25)24-23(21-14-8-16-28-21)18-10-4-3-5-11-18/h3-8,10-14,16,23H,2,9,15,17H2,1H3,(H,24,25)/t23-/m1/s1. The molecule has 0 saturated heterocycles. The van der Waals surface area contributed by atoms with Crippen molar-refractivity contribution in [1.29, 1.82) is 0 Å². The molecule has 0 aliphatic carbocycles. The van der Waals surface area contributed by atoms with Crippen molar-refractivity contribution in [2.45, 2.75) is 25.8 Å². The third-order valence-electron chi connectivity index (χ3n) is 4.22. The van der Waals surface area contributed by atoms with Crippen molar-refractivity contribution in [3.05, 3.63) is 84.3 Å². The molecular formula is C23H25NO4. The van der Waals surface area contributed by atoms with E-state index in [0.717, 1.165) is 11.3 Å². The summed E-state index contributed by atoms with van der Waals surface area (Å²) < 4.78 is 16.8. The Balaban J connectivity index is 1.52. The van der Waals surface area contributed by atoms with Gasteiger partial charge in [0.15, 0.2) is 11.5 Å². The van der Waals surface area contributed by atoms with Gasteiger partial charge in [-0.15, -0.1) is 0 Å². The smallest absolute Gasteiger partial charge is 0.220 e. The van der Waals surface area contributed by atoms with Crippen molar-refractivity contribution in [3.63, 3.8) is 0 Å². The normalized spacial score (nSPS) is 11.6. The summed E-state index contributed by atoms with van der Waals surface area (Å²) in [7, 11) is 0. The molecule has 0 unspecified atom stereocenters. The van der Waals surface area contributed by atoms with E-state index in [-0.39, 0.29) is 11.9 Å². The molecule has 1 heterocycles. The molecule has 1 N–H and O–H groups in total. The number of amides is 1. The molecule has 0 aliphatic heterocycles. The van der Waals surface area contributed by atoms with E-state index in [1.54, 1.807) is 6.26 Å². The maximum atomic E-state index is 12.5. The average molecular weight is 379 g/mol. The number of carbonyl (C=O) groups is 1. The molecule has 0 bridgehead atoms. The Kier molecular flexibility index (Phi) is 7.13. The van der Waals surface area contributed by atoms with Crippen LogP contribution in [0.5, 0.6) is 11.5 Å². The minimum Gasteiger partial charge on any atom is -0.490 e. The number of furan rings is 1. The summed E-state index contributed by atoms with van der Waals surface area (Å²) in [5.41, 5.74) is 0.979. The van der Waals surface area contributed by atoms with Crippen molar-refractivity contribution in [2.75, 3.05) is 13.2 Å². The number of carbonyl (C=O) groups excluding carboxylic acids is 1. The van der Waals surface area contributed by atoms with Gasteiger partial charge in [0.25, 0.3) is 0 Å². The van der Waals surface area contributed by atoms with E-state index in [0.29, 0.717) is 37.6 Å². The van der Waals surface area contributed by atoms with Crippen LogP contribution in [0, 0.1) is 0 Å².